The average molecular weight is 393 g/mol. The second kappa shape index (κ2) is 9.00. The van der Waals surface area contributed by atoms with Gasteiger partial charge in [-0.3, -0.25) is 4.79 Å². The molecule has 22 heavy (non-hydrogen) atoms. The highest BCUT2D eigenvalue weighted by Crippen LogP contribution is 2.27. The van der Waals surface area contributed by atoms with Gasteiger partial charge in [-0.2, -0.15) is 0 Å². The van der Waals surface area contributed by atoms with Crippen molar-refractivity contribution in [2.24, 2.45) is 5.92 Å². The Morgan fingerprint density at radius 2 is 2.09 bits per heavy atom. The molecule has 7 heteroatoms. The van der Waals surface area contributed by atoms with E-state index in [-0.39, 0.29) is 12.5 Å². The van der Waals surface area contributed by atoms with Crippen molar-refractivity contribution >= 4 is 39.4 Å². The second-order valence-corrected chi connectivity index (χ2v) is 6.11. The third-order valence-electron chi connectivity index (χ3n) is 3.24. The van der Waals surface area contributed by atoms with E-state index in [9.17, 15) is 9.59 Å². The molecular formula is C15H19BrClNO4. The zero-order valence-corrected chi connectivity index (χ0v) is 15.0. The molecule has 0 aliphatic heterocycles. The minimum absolute atomic E-state index is 0.0290. The van der Waals surface area contributed by atoms with E-state index < -0.39 is 17.9 Å². The fourth-order valence-corrected chi connectivity index (χ4v) is 2.54. The van der Waals surface area contributed by atoms with Gasteiger partial charge in [-0.05, 0) is 40.0 Å². The lowest BCUT2D eigenvalue weighted by Gasteiger charge is -2.21. The number of ether oxygens (including phenoxy) is 2. The van der Waals surface area contributed by atoms with Gasteiger partial charge in [0.25, 0.3) is 5.91 Å². The van der Waals surface area contributed by atoms with Crippen LogP contribution in [-0.2, 0) is 14.3 Å². The molecule has 0 fully saturated rings. The van der Waals surface area contributed by atoms with Crippen LogP contribution in [0.25, 0.3) is 0 Å². The van der Waals surface area contributed by atoms with E-state index >= 15 is 0 Å². The number of amides is 1. The summed E-state index contributed by atoms with van der Waals surface area (Å²) in [7, 11) is 1.30. The molecule has 2 atom stereocenters. The van der Waals surface area contributed by atoms with Crippen LogP contribution in [0, 0.1) is 5.92 Å². The van der Waals surface area contributed by atoms with Gasteiger partial charge in [0, 0.05) is 5.02 Å². The Hall–Kier alpha value is -1.27. The predicted octanol–water partition coefficient (Wildman–Crippen LogP) is 3.19. The molecule has 122 valence electrons. The number of carbonyl (C=O) groups is 2. The lowest BCUT2D eigenvalue weighted by atomic mass is 9.99. The number of rotatable bonds is 7. The number of hydrogen-bond donors (Lipinski definition) is 1. The third kappa shape index (κ3) is 5.50. The Balaban J connectivity index is 2.62. The predicted molar refractivity (Wildman–Crippen MR) is 88.0 cm³/mol. The van der Waals surface area contributed by atoms with Crippen LogP contribution >= 0.6 is 27.5 Å². The smallest absolute Gasteiger partial charge is 0.328 e. The fraction of sp³-hybridized carbons (Fsp3) is 0.467. The summed E-state index contributed by atoms with van der Waals surface area (Å²) in [6, 6.07) is 4.31. The first-order chi connectivity index (χ1) is 10.4. The van der Waals surface area contributed by atoms with Crippen molar-refractivity contribution in [1.29, 1.82) is 0 Å². The van der Waals surface area contributed by atoms with Gasteiger partial charge in [0.2, 0.25) is 0 Å². The van der Waals surface area contributed by atoms with Crippen LogP contribution < -0.4 is 10.1 Å². The number of benzene rings is 1. The van der Waals surface area contributed by atoms with Gasteiger partial charge in [0.1, 0.15) is 11.8 Å². The highest BCUT2D eigenvalue weighted by molar-refractivity contribution is 9.10. The Morgan fingerprint density at radius 1 is 1.41 bits per heavy atom. The number of nitrogens with one attached hydrogen (secondary N) is 1. The quantitative estimate of drug-likeness (QED) is 0.724. The van der Waals surface area contributed by atoms with Crippen molar-refractivity contribution in [2.75, 3.05) is 13.7 Å². The molecule has 0 aliphatic carbocycles. The zero-order valence-electron chi connectivity index (χ0n) is 12.7. The van der Waals surface area contributed by atoms with E-state index in [1.54, 1.807) is 18.2 Å². The molecule has 1 N–H and O–H groups in total. The maximum atomic E-state index is 12.0. The van der Waals surface area contributed by atoms with Crippen molar-refractivity contribution in [1.82, 2.24) is 5.32 Å². The zero-order chi connectivity index (χ0) is 16.7. The Bertz CT molecular complexity index is 538. The van der Waals surface area contributed by atoms with E-state index in [1.165, 1.54) is 7.11 Å². The minimum atomic E-state index is -0.681. The number of methoxy groups -OCH3 is 1. The number of carbonyl (C=O) groups excluding carboxylic acids is 2. The molecule has 0 unspecified atom stereocenters. The van der Waals surface area contributed by atoms with Crippen molar-refractivity contribution in [2.45, 2.75) is 26.3 Å². The molecule has 0 saturated carbocycles. The van der Waals surface area contributed by atoms with Crippen molar-refractivity contribution in [3.63, 3.8) is 0 Å². The lowest BCUT2D eigenvalue weighted by molar-refractivity contribution is -0.146. The first kappa shape index (κ1) is 18.8. The minimum Gasteiger partial charge on any atom is -0.483 e. The van der Waals surface area contributed by atoms with Gasteiger partial charge in [-0.25, -0.2) is 4.79 Å². The highest BCUT2D eigenvalue weighted by atomic mass is 79.9. The van der Waals surface area contributed by atoms with Crippen LogP contribution in [0.4, 0.5) is 0 Å². The van der Waals surface area contributed by atoms with Crippen molar-refractivity contribution < 1.29 is 19.1 Å². The van der Waals surface area contributed by atoms with Gasteiger partial charge in [-0.15, -0.1) is 0 Å². The first-order valence-corrected chi connectivity index (χ1v) is 8.01. The first-order valence-electron chi connectivity index (χ1n) is 6.84. The van der Waals surface area contributed by atoms with Crippen LogP contribution in [-0.4, -0.2) is 31.6 Å². The summed E-state index contributed by atoms with van der Waals surface area (Å²) >= 11 is 9.14. The van der Waals surface area contributed by atoms with E-state index in [0.717, 1.165) is 6.42 Å². The Morgan fingerprint density at radius 3 is 2.64 bits per heavy atom. The number of hydrogen-bond acceptors (Lipinski definition) is 4. The SMILES string of the molecule is CC[C@H](C)[C@H](NC(=O)COc1ccc(Cl)cc1Br)C(=O)OC. The maximum Gasteiger partial charge on any atom is 0.328 e. The molecule has 1 rings (SSSR count). The molecule has 5 nitrogen and oxygen atoms in total. The molecule has 1 aromatic carbocycles. The van der Waals surface area contributed by atoms with E-state index in [0.29, 0.717) is 15.2 Å². The summed E-state index contributed by atoms with van der Waals surface area (Å²) in [4.78, 5) is 23.7. The Labute approximate surface area is 143 Å². The molecule has 0 aliphatic rings. The molecule has 0 radical (unpaired) electrons. The van der Waals surface area contributed by atoms with Crippen LogP contribution in [0.1, 0.15) is 20.3 Å². The Kier molecular flexibility index (Phi) is 7.68. The fourth-order valence-electron chi connectivity index (χ4n) is 1.75. The number of esters is 1. The third-order valence-corrected chi connectivity index (χ3v) is 4.09. The molecule has 0 heterocycles. The monoisotopic (exact) mass is 391 g/mol. The van der Waals surface area contributed by atoms with Crippen LogP contribution in [0.3, 0.4) is 0 Å². The van der Waals surface area contributed by atoms with Crippen molar-refractivity contribution in [3.05, 3.63) is 27.7 Å². The second-order valence-electron chi connectivity index (χ2n) is 4.82. The van der Waals surface area contributed by atoms with Crippen molar-refractivity contribution in [3.8, 4) is 5.75 Å². The van der Waals surface area contributed by atoms with Gasteiger partial charge in [0.15, 0.2) is 6.61 Å². The largest absolute Gasteiger partial charge is 0.483 e. The van der Waals surface area contributed by atoms with Gasteiger partial charge in [-0.1, -0.05) is 31.9 Å². The normalized spacial score (nSPS) is 13.1. The molecule has 0 saturated heterocycles. The molecule has 1 amide bonds. The summed E-state index contributed by atoms with van der Waals surface area (Å²) in [6.07, 6.45) is 0.740. The van der Waals surface area contributed by atoms with Crippen LogP contribution in [0.15, 0.2) is 22.7 Å². The molecular weight excluding hydrogens is 374 g/mol. The van der Waals surface area contributed by atoms with E-state index in [2.05, 4.69) is 21.2 Å². The number of halogens is 2. The standard InChI is InChI=1S/C15H19BrClNO4/c1-4-9(2)14(15(20)21-3)18-13(19)8-22-12-6-5-10(17)7-11(12)16/h5-7,9,14H,4,8H2,1-3H3,(H,18,19)/t9-,14-/m0/s1. The van der Waals surface area contributed by atoms with Gasteiger partial charge < -0.3 is 14.8 Å². The topological polar surface area (TPSA) is 64.6 Å². The van der Waals surface area contributed by atoms with E-state index in [1.807, 2.05) is 13.8 Å². The summed E-state index contributed by atoms with van der Waals surface area (Å²) in [5, 5.41) is 3.20. The summed E-state index contributed by atoms with van der Waals surface area (Å²) in [5.41, 5.74) is 0. The van der Waals surface area contributed by atoms with Crippen LogP contribution in [0.2, 0.25) is 5.02 Å². The lowest BCUT2D eigenvalue weighted by Crippen LogP contribution is -2.47. The maximum absolute atomic E-state index is 12.0. The van der Waals surface area contributed by atoms with Gasteiger partial charge >= 0.3 is 5.97 Å². The molecule has 1 aromatic rings. The van der Waals surface area contributed by atoms with Crippen LogP contribution in [0.5, 0.6) is 5.75 Å². The van der Waals surface area contributed by atoms with Gasteiger partial charge in [0.05, 0.1) is 11.6 Å². The molecule has 0 bridgehead atoms. The molecule has 0 spiro atoms. The molecule has 0 aromatic heterocycles. The highest BCUT2D eigenvalue weighted by Gasteiger charge is 2.26. The summed E-state index contributed by atoms with van der Waals surface area (Å²) in [6.45, 7) is 3.61. The summed E-state index contributed by atoms with van der Waals surface area (Å²) in [5.74, 6) is -0.385. The summed E-state index contributed by atoms with van der Waals surface area (Å²) < 4.78 is 10.8. The van der Waals surface area contributed by atoms with E-state index in [4.69, 9.17) is 21.1 Å². The average Bonchev–Trinajstić information content (AvgIpc) is 2.50.